The van der Waals surface area contributed by atoms with Crippen molar-refractivity contribution in [3.8, 4) is 10.6 Å². The van der Waals surface area contributed by atoms with Gasteiger partial charge in [0.25, 0.3) is 11.6 Å². The minimum Gasteiger partial charge on any atom is -0.322 e. The number of nitro benzene ring substituents is 1. The van der Waals surface area contributed by atoms with Crippen LogP contribution in [0.15, 0.2) is 66.7 Å². The average Bonchev–Trinajstić information content (AvgIpc) is 3.13. The Bertz CT molecular complexity index is 1170. The summed E-state index contributed by atoms with van der Waals surface area (Å²) in [6.45, 7) is 1.92. The number of non-ortho nitro benzene ring substituents is 1. The van der Waals surface area contributed by atoms with Crippen LogP contribution in [0.1, 0.15) is 15.9 Å². The van der Waals surface area contributed by atoms with Gasteiger partial charge in [0.15, 0.2) is 0 Å². The third-order valence-electron chi connectivity index (χ3n) is 4.36. The van der Waals surface area contributed by atoms with Crippen LogP contribution in [0.2, 0.25) is 0 Å². The predicted molar refractivity (Wildman–Crippen MR) is 111 cm³/mol. The molecule has 138 valence electrons. The molecule has 1 aromatic heterocycles. The van der Waals surface area contributed by atoms with E-state index in [-0.39, 0.29) is 11.6 Å². The number of aryl methyl sites for hydroxylation is 1. The molecule has 4 rings (SSSR count). The number of amides is 1. The number of para-hydroxylation sites is 1. The lowest BCUT2D eigenvalue weighted by Gasteiger charge is -2.09. The van der Waals surface area contributed by atoms with Gasteiger partial charge in [0.05, 0.1) is 15.1 Å². The van der Waals surface area contributed by atoms with E-state index in [1.807, 2.05) is 49.4 Å². The molecule has 28 heavy (non-hydrogen) atoms. The third-order valence-corrected chi connectivity index (χ3v) is 5.44. The van der Waals surface area contributed by atoms with Gasteiger partial charge in [0.2, 0.25) is 0 Å². The number of carbonyl (C=O) groups is 1. The summed E-state index contributed by atoms with van der Waals surface area (Å²) in [6, 6.07) is 19.3. The van der Waals surface area contributed by atoms with Crippen molar-refractivity contribution >= 4 is 38.8 Å². The van der Waals surface area contributed by atoms with Crippen LogP contribution in [-0.2, 0) is 0 Å². The molecule has 0 aliphatic carbocycles. The third kappa shape index (κ3) is 3.47. The van der Waals surface area contributed by atoms with Gasteiger partial charge in [0.1, 0.15) is 5.01 Å². The zero-order valence-corrected chi connectivity index (χ0v) is 15.7. The van der Waals surface area contributed by atoms with E-state index in [1.54, 1.807) is 11.3 Å². The Morgan fingerprint density at radius 3 is 2.50 bits per heavy atom. The second-order valence-corrected chi connectivity index (χ2v) is 7.31. The van der Waals surface area contributed by atoms with Crippen LogP contribution in [0.25, 0.3) is 20.8 Å². The van der Waals surface area contributed by atoms with E-state index in [0.717, 1.165) is 26.4 Å². The van der Waals surface area contributed by atoms with Gasteiger partial charge in [0, 0.05) is 28.9 Å². The zero-order valence-electron chi connectivity index (χ0n) is 14.9. The maximum absolute atomic E-state index is 12.4. The normalized spacial score (nSPS) is 10.8. The molecular formula is C21H15N3O3S. The SMILES string of the molecule is Cc1cc(-c2nc3ccccc3s2)ccc1NC(=O)c1ccc([N+](=O)[O-])cc1. The average molecular weight is 389 g/mol. The first-order chi connectivity index (χ1) is 13.5. The molecule has 3 aromatic carbocycles. The molecule has 0 atom stereocenters. The number of nitro groups is 1. The van der Waals surface area contributed by atoms with Crippen LogP contribution < -0.4 is 5.32 Å². The highest BCUT2D eigenvalue weighted by molar-refractivity contribution is 7.21. The summed E-state index contributed by atoms with van der Waals surface area (Å²) in [6.07, 6.45) is 0. The van der Waals surface area contributed by atoms with E-state index in [9.17, 15) is 14.9 Å². The van der Waals surface area contributed by atoms with Crippen molar-refractivity contribution in [3.63, 3.8) is 0 Å². The molecule has 0 bridgehead atoms. The molecular weight excluding hydrogens is 374 g/mol. The molecule has 6 nitrogen and oxygen atoms in total. The first-order valence-electron chi connectivity index (χ1n) is 8.54. The molecule has 0 unspecified atom stereocenters. The van der Waals surface area contributed by atoms with Crippen molar-refractivity contribution in [2.75, 3.05) is 5.32 Å². The molecule has 1 amide bonds. The number of hydrogen-bond donors (Lipinski definition) is 1. The maximum atomic E-state index is 12.4. The first kappa shape index (κ1) is 17.8. The number of nitrogens with one attached hydrogen (secondary N) is 1. The topological polar surface area (TPSA) is 85.1 Å². The van der Waals surface area contributed by atoms with Crippen molar-refractivity contribution < 1.29 is 9.72 Å². The molecule has 0 fully saturated rings. The Hall–Kier alpha value is -3.58. The van der Waals surface area contributed by atoms with Gasteiger partial charge in [-0.2, -0.15) is 0 Å². The number of anilines is 1. The fourth-order valence-corrected chi connectivity index (χ4v) is 3.82. The summed E-state index contributed by atoms with van der Waals surface area (Å²) in [5.41, 5.74) is 3.87. The predicted octanol–water partition coefficient (Wildman–Crippen LogP) is 5.43. The summed E-state index contributed by atoms with van der Waals surface area (Å²) in [5, 5.41) is 14.5. The Morgan fingerprint density at radius 2 is 1.82 bits per heavy atom. The Kier molecular flexibility index (Phi) is 4.58. The summed E-state index contributed by atoms with van der Waals surface area (Å²) in [4.78, 5) is 27.3. The summed E-state index contributed by atoms with van der Waals surface area (Å²) < 4.78 is 1.13. The van der Waals surface area contributed by atoms with Crippen molar-refractivity contribution in [1.29, 1.82) is 0 Å². The number of carbonyl (C=O) groups excluding carboxylic acids is 1. The smallest absolute Gasteiger partial charge is 0.269 e. The van der Waals surface area contributed by atoms with E-state index in [0.29, 0.717) is 11.3 Å². The van der Waals surface area contributed by atoms with Crippen LogP contribution in [0.5, 0.6) is 0 Å². The number of rotatable bonds is 4. The number of benzene rings is 3. The molecule has 0 aliphatic heterocycles. The molecule has 0 saturated heterocycles. The zero-order chi connectivity index (χ0) is 19.7. The lowest BCUT2D eigenvalue weighted by molar-refractivity contribution is -0.384. The van der Waals surface area contributed by atoms with Gasteiger partial charge in [-0.25, -0.2) is 4.98 Å². The molecule has 0 aliphatic rings. The van der Waals surface area contributed by atoms with Gasteiger partial charge in [-0.15, -0.1) is 11.3 Å². The van der Waals surface area contributed by atoms with Crippen LogP contribution in [0.4, 0.5) is 11.4 Å². The summed E-state index contributed by atoms with van der Waals surface area (Å²) in [7, 11) is 0. The van der Waals surface area contributed by atoms with E-state index in [1.165, 1.54) is 24.3 Å². The van der Waals surface area contributed by atoms with E-state index >= 15 is 0 Å². The highest BCUT2D eigenvalue weighted by Gasteiger charge is 2.12. The fraction of sp³-hybridized carbons (Fsp3) is 0.0476. The largest absolute Gasteiger partial charge is 0.322 e. The van der Waals surface area contributed by atoms with Crippen molar-refractivity contribution in [3.05, 3.63) is 88.0 Å². The van der Waals surface area contributed by atoms with Crippen LogP contribution >= 0.6 is 11.3 Å². The van der Waals surface area contributed by atoms with Gasteiger partial charge >= 0.3 is 0 Å². The number of aromatic nitrogens is 1. The number of nitrogens with zero attached hydrogens (tertiary/aromatic N) is 2. The van der Waals surface area contributed by atoms with Crippen molar-refractivity contribution in [2.24, 2.45) is 0 Å². The van der Waals surface area contributed by atoms with Gasteiger partial charge < -0.3 is 5.32 Å². The quantitative estimate of drug-likeness (QED) is 0.372. The van der Waals surface area contributed by atoms with Gasteiger partial charge in [-0.3, -0.25) is 14.9 Å². The second kappa shape index (κ2) is 7.21. The number of thiazole rings is 1. The Balaban J connectivity index is 1.55. The molecule has 7 heteroatoms. The van der Waals surface area contributed by atoms with E-state index in [4.69, 9.17) is 0 Å². The Morgan fingerprint density at radius 1 is 1.07 bits per heavy atom. The highest BCUT2D eigenvalue weighted by atomic mass is 32.1. The fourth-order valence-electron chi connectivity index (χ4n) is 2.86. The molecule has 1 N–H and O–H groups in total. The summed E-state index contributed by atoms with van der Waals surface area (Å²) in [5.74, 6) is -0.314. The summed E-state index contributed by atoms with van der Waals surface area (Å²) >= 11 is 1.63. The minimum absolute atomic E-state index is 0.0482. The van der Waals surface area contributed by atoms with Crippen LogP contribution in [-0.4, -0.2) is 15.8 Å². The molecule has 1 heterocycles. The molecule has 0 radical (unpaired) electrons. The monoisotopic (exact) mass is 389 g/mol. The minimum atomic E-state index is -0.493. The molecule has 0 spiro atoms. The standard InChI is InChI=1S/C21H15N3O3S/c1-13-12-15(21-23-18-4-2-3-5-19(18)28-21)8-11-17(13)22-20(25)14-6-9-16(10-7-14)24(26)27/h2-12H,1H3,(H,22,25). The lowest BCUT2D eigenvalue weighted by atomic mass is 10.1. The highest BCUT2D eigenvalue weighted by Crippen LogP contribution is 2.32. The lowest BCUT2D eigenvalue weighted by Crippen LogP contribution is -2.12. The van der Waals surface area contributed by atoms with Crippen LogP contribution in [0.3, 0.4) is 0 Å². The van der Waals surface area contributed by atoms with Crippen molar-refractivity contribution in [1.82, 2.24) is 4.98 Å². The van der Waals surface area contributed by atoms with Gasteiger partial charge in [-0.1, -0.05) is 12.1 Å². The van der Waals surface area contributed by atoms with E-state index in [2.05, 4.69) is 10.3 Å². The first-order valence-corrected chi connectivity index (χ1v) is 9.35. The number of fused-ring (bicyclic) bond motifs is 1. The Labute approximate surface area is 164 Å². The van der Waals surface area contributed by atoms with Crippen molar-refractivity contribution in [2.45, 2.75) is 6.92 Å². The molecule has 0 saturated carbocycles. The van der Waals surface area contributed by atoms with Gasteiger partial charge in [-0.05, 0) is 55.0 Å². The molecule has 4 aromatic rings. The second-order valence-electron chi connectivity index (χ2n) is 6.27. The number of hydrogen-bond acceptors (Lipinski definition) is 5. The van der Waals surface area contributed by atoms with E-state index < -0.39 is 4.92 Å². The van der Waals surface area contributed by atoms with Crippen LogP contribution in [0, 0.1) is 17.0 Å². The maximum Gasteiger partial charge on any atom is 0.269 e.